The van der Waals surface area contributed by atoms with E-state index in [1.54, 1.807) is 7.05 Å². The maximum atomic E-state index is 11.7. The number of rotatable bonds is 6. The lowest BCUT2D eigenvalue weighted by molar-refractivity contribution is -0.144. The largest absolute Gasteiger partial charge is 0.478 e. The highest BCUT2D eigenvalue weighted by Gasteiger charge is 2.17. The van der Waals surface area contributed by atoms with Crippen LogP contribution in [0.2, 0.25) is 0 Å². The van der Waals surface area contributed by atoms with Crippen molar-refractivity contribution >= 4 is 22.7 Å². The summed E-state index contributed by atoms with van der Waals surface area (Å²) in [6.07, 6.45) is 1.03. The second-order valence-electron chi connectivity index (χ2n) is 5.14. The van der Waals surface area contributed by atoms with Crippen molar-refractivity contribution in [2.45, 2.75) is 6.10 Å². The van der Waals surface area contributed by atoms with E-state index in [9.17, 15) is 9.59 Å². The van der Waals surface area contributed by atoms with Crippen LogP contribution in [0.4, 0.5) is 0 Å². The Labute approximate surface area is 133 Å². The third-order valence-electron chi connectivity index (χ3n) is 3.22. The Morgan fingerprint density at radius 3 is 2.57 bits per heavy atom. The van der Waals surface area contributed by atoms with E-state index in [4.69, 9.17) is 15.7 Å². The first-order chi connectivity index (χ1) is 11.0. The van der Waals surface area contributed by atoms with Gasteiger partial charge in [0.1, 0.15) is 6.10 Å². The molecule has 3 N–H and O–H groups in total. The molecule has 0 saturated carbocycles. The van der Waals surface area contributed by atoms with E-state index in [0.717, 1.165) is 28.5 Å². The zero-order valence-corrected chi connectivity index (χ0v) is 12.7. The minimum atomic E-state index is -1.21. The van der Waals surface area contributed by atoms with Crippen molar-refractivity contribution in [1.29, 1.82) is 0 Å². The second kappa shape index (κ2) is 7.53. The highest BCUT2D eigenvalue weighted by molar-refractivity contribution is 5.91. The molecule has 1 atom stereocenters. The molecule has 0 saturated heterocycles. The van der Waals surface area contributed by atoms with Crippen LogP contribution in [-0.2, 0) is 14.3 Å². The molecule has 0 aliphatic rings. The minimum Gasteiger partial charge on any atom is -0.478 e. The first-order valence-corrected chi connectivity index (χ1v) is 7.02. The Balaban J connectivity index is 2.25. The fraction of sp³-hybridized carbons (Fsp3) is 0.176. The van der Waals surface area contributed by atoms with E-state index >= 15 is 0 Å². The number of aliphatic carboxylic acids is 1. The average molecular weight is 314 g/mol. The van der Waals surface area contributed by atoms with Gasteiger partial charge in [0.15, 0.2) is 0 Å². The number of hydrogen-bond donors (Lipinski definition) is 2. The van der Waals surface area contributed by atoms with Gasteiger partial charge in [-0.2, -0.15) is 0 Å². The van der Waals surface area contributed by atoms with Gasteiger partial charge in [0, 0.05) is 19.2 Å². The van der Waals surface area contributed by atoms with Crippen LogP contribution >= 0.6 is 0 Å². The predicted molar refractivity (Wildman–Crippen MR) is 86.4 cm³/mol. The number of esters is 1. The van der Waals surface area contributed by atoms with Gasteiger partial charge >= 0.3 is 11.9 Å². The molecule has 2 aromatic rings. The first kappa shape index (κ1) is 16.7. The van der Waals surface area contributed by atoms with Crippen molar-refractivity contribution in [2.24, 2.45) is 5.84 Å². The molecule has 23 heavy (non-hydrogen) atoms. The maximum Gasteiger partial charge on any atom is 0.331 e. The summed E-state index contributed by atoms with van der Waals surface area (Å²) in [5, 5.41) is 12.1. The lowest BCUT2D eigenvalue weighted by Gasteiger charge is -2.21. The fourth-order valence-corrected chi connectivity index (χ4v) is 2.20. The molecule has 0 spiro atoms. The van der Waals surface area contributed by atoms with Crippen LogP contribution in [0.5, 0.6) is 0 Å². The molecule has 2 aromatic carbocycles. The summed E-state index contributed by atoms with van der Waals surface area (Å²) >= 11 is 0. The third-order valence-corrected chi connectivity index (χ3v) is 3.22. The zero-order chi connectivity index (χ0) is 16.8. The average Bonchev–Trinajstić information content (AvgIpc) is 2.51. The SMILES string of the molecule is CN(N)CC(OC(=O)/C=C\C(=O)O)c1ccc2ccccc2c1. The smallest absolute Gasteiger partial charge is 0.331 e. The number of nitrogens with zero attached hydrogens (tertiary/aromatic N) is 1. The number of carboxylic acids is 1. The van der Waals surface area contributed by atoms with Crippen molar-refractivity contribution in [3.63, 3.8) is 0 Å². The molecule has 0 fully saturated rings. The number of carbonyl (C=O) groups excluding carboxylic acids is 1. The molecule has 1 unspecified atom stereocenters. The van der Waals surface area contributed by atoms with E-state index in [2.05, 4.69) is 0 Å². The maximum absolute atomic E-state index is 11.7. The highest BCUT2D eigenvalue weighted by Crippen LogP contribution is 2.23. The summed E-state index contributed by atoms with van der Waals surface area (Å²) in [5.41, 5.74) is 0.790. The standard InChI is InChI=1S/C17H18N2O4/c1-19(18)11-15(23-17(22)9-8-16(20)21)14-7-6-12-4-2-3-5-13(12)10-14/h2-10,15H,11,18H2,1H3,(H,20,21)/b9-8-. The van der Waals surface area contributed by atoms with Crippen LogP contribution in [0.15, 0.2) is 54.6 Å². The monoisotopic (exact) mass is 314 g/mol. The second-order valence-corrected chi connectivity index (χ2v) is 5.14. The van der Waals surface area contributed by atoms with E-state index in [1.165, 1.54) is 5.01 Å². The molecule has 0 aliphatic heterocycles. The Bertz CT molecular complexity index is 740. The van der Waals surface area contributed by atoms with Crippen LogP contribution in [-0.4, -0.2) is 35.6 Å². The van der Waals surface area contributed by atoms with Gasteiger partial charge in [-0.15, -0.1) is 0 Å². The molecular weight excluding hydrogens is 296 g/mol. The Hall–Kier alpha value is -2.70. The number of hydrogen-bond acceptors (Lipinski definition) is 5. The summed E-state index contributed by atoms with van der Waals surface area (Å²) < 4.78 is 5.34. The first-order valence-electron chi connectivity index (χ1n) is 7.02. The van der Waals surface area contributed by atoms with Crippen molar-refractivity contribution in [3.8, 4) is 0 Å². The lowest BCUT2D eigenvalue weighted by Crippen LogP contribution is -2.32. The number of nitrogens with two attached hydrogens (primary N) is 1. The molecule has 6 nitrogen and oxygen atoms in total. The number of ether oxygens (including phenoxy) is 1. The van der Waals surface area contributed by atoms with E-state index in [1.807, 2.05) is 42.5 Å². The van der Waals surface area contributed by atoms with Crippen LogP contribution < -0.4 is 5.84 Å². The van der Waals surface area contributed by atoms with Gasteiger partial charge in [-0.25, -0.2) is 14.6 Å². The number of benzene rings is 2. The molecule has 0 aliphatic carbocycles. The fourth-order valence-electron chi connectivity index (χ4n) is 2.20. The van der Waals surface area contributed by atoms with Crippen LogP contribution in [0, 0.1) is 0 Å². The molecule has 6 heteroatoms. The van der Waals surface area contributed by atoms with Gasteiger partial charge in [0.25, 0.3) is 0 Å². The van der Waals surface area contributed by atoms with Gasteiger partial charge in [-0.3, -0.25) is 5.84 Å². The van der Waals surface area contributed by atoms with Gasteiger partial charge in [0.2, 0.25) is 0 Å². The topological polar surface area (TPSA) is 92.9 Å². The number of fused-ring (bicyclic) bond motifs is 1. The number of carboxylic acid groups (broad SMARTS) is 1. The molecule has 0 amide bonds. The molecular formula is C17H18N2O4. The predicted octanol–water partition coefficient (Wildman–Crippen LogP) is 1.87. The third kappa shape index (κ3) is 4.91. The summed E-state index contributed by atoms with van der Waals surface area (Å²) in [5.74, 6) is 3.73. The summed E-state index contributed by atoms with van der Waals surface area (Å²) in [4.78, 5) is 22.2. The Kier molecular flexibility index (Phi) is 5.46. The van der Waals surface area contributed by atoms with Crippen molar-refractivity contribution < 1.29 is 19.4 Å². The molecule has 0 bridgehead atoms. The van der Waals surface area contributed by atoms with Gasteiger partial charge < -0.3 is 9.84 Å². The summed E-state index contributed by atoms with van der Waals surface area (Å²) in [6, 6.07) is 13.6. The molecule has 0 heterocycles. The van der Waals surface area contributed by atoms with Gasteiger partial charge in [-0.1, -0.05) is 36.4 Å². The Morgan fingerprint density at radius 1 is 1.22 bits per heavy atom. The summed E-state index contributed by atoms with van der Waals surface area (Å²) in [7, 11) is 1.66. The van der Waals surface area contributed by atoms with Crippen molar-refractivity contribution in [1.82, 2.24) is 5.01 Å². The highest BCUT2D eigenvalue weighted by atomic mass is 16.5. The molecule has 2 rings (SSSR count). The number of likely N-dealkylation sites (N-methyl/N-ethyl adjacent to an activating group) is 1. The van der Waals surface area contributed by atoms with E-state index in [0.29, 0.717) is 0 Å². The lowest BCUT2D eigenvalue weighted by atomic mass is 10.0. The van der Waals surface area contributed by atoms with Gasteiger partial charge in [-0.05, 0) is 22.4 Å². The van der Waals surface area contributed by atoms with E-state index in [-0.39, 0.29) is 6.54 Å². The number of carbonyl (C=O) groups is 2. The van der Waals surface area contributed by atoms with Crippen LogP contribution in [0.3, 0.4) is 0 Å². The van der Waals surface area contributed by atoms with E-state index < -0.39 is 18.0 Å². The Morgan fingerprint density at radius 2 is 1.91 bits per heavy atom. The normalized spacial score (nSPS) is 12.7. The minimum absolute atomic E-state index is 0.283. The zero-order valence-electron chi connectivity index (χ0n) is 12.7. The van der Waals surface area contributed by atoms with Crippen LogP contribution in [0.1, 0.15) is 11.7 Å². The molecule has 120 valence electrons. The molecule has 0 radical (unpaired) electrons. The quantitative estimate of drug-likeness (QED) is 0.366. The number of hydrazine groups is 1. The van der Waals surface area contributed by atoms with Crippen LogP contribution in [0.25, 0.3) is 10.8 Å². The summed E-state index contributed by atoms with van der Waals surface area (Å²) in [6.45, 7) is 0.283. The van der Waals surface area contributed by atoms with Gasteiger partial charge in [0.05, 0.1) is 6.54 Å². The molecule has 0 aromatic heterocycles. The van der Waals surface area contributed by atoms with Crippen molar-refractivity contribution in [2.75, 3.05) is 13.6 Å². The van der Waals surface area contributed by atoms with Crippen molar-refractivity contribution in [3.05, 3.63) is 60.2 Å².